The lowest BCUT2D eigenvalue weighted by molar-refractivity contribution is 0.443. The fourth-order valence-corrected chi connectivity index (χ4v) is 4.15. The van der Waals surface area contributed by atoms with Crippen molar-refractivity contribution in [3.05, 3.63) is 70.4 Å². The number of hydrogen-bond acceptors (Lipinski definition) is 7. The van der Waals surface area contributed by atoms with Crippen LogP contribution in [0.15, 0.2) is 36.7 Å². The topological polar surface area (TPSA) is 104 Å². The van der Waals surface area contributed by atoms with Gasteiger partial charge in [0.15, 0.2) is 0 Å². The summed E-state index contributed by atoms with van der Waals surface area (Å²) in [6, 6.07) is 5.68. The van der Waals surface area contributed by atoms with Crippen LogP contribution >= 0.6 is 11.6 Å². The molecule has 1 unspecified atom stereocenters. The van der Waals surface area contributed by atoms with Crippen molar-refractivity contribution in [3.63, 3.8) is 0 Å². The molecule has 0 spiro atoms. The summed E-state index contributed by atoms with van der Waals surface area (Å²) >= 11 is 6.60. The van der Waals surface area contributed by atoms with Gasteiger partial charge in [0.25, 0.3) is 0 Å². The maximum atomic E-state index is 15.0. The van der Waals surface area contributed by atoms with Crippen molar-refractivity contribution >= 4 is 33.9 Å². The van der Waals surface area contributed by atoms with Crippen LogP contribution in [-0.4, -0.2) is 31.5 Å². The standard InChI is InChI=1S/C26H25ClF2N8/c1-26(2,3)13-32-22-14(10-30)11-31-23-18(22)8-15(9-19(23)27)33-24(17-6-7-21(28)34-25(17)29)20-12-37(36-35-20)16-4-5-16/h6-9,11-12,16,24,33H,4-5,13H2,1-3H3,(H,31,32)/i24D. The molecular formula is C26H25ClF2N8. The molecule has 8 nitrogen and oxygen atoms in total. The third kappa shape index (κ3) is 5.32. The molecule has 1 saturated carbocycles. The molecule has 1 fully saturated rings. The fourth-order valence-electron chi connectivity index (χ4n) is 3.88. The van der Waals surface area contributed by atoms with E-state index >= 15 is 0 Å². The van der Waals surface area contributed by atoms with Crippen molar-refractivity contribution in [2.45, 2.75) is 45.7 Å². The Morgan fingerprint density at radius 3 is 2.76 bits per heavy atom. The largest absolute Gasteiger partial charge is 0.383 e. The molecule has 1 aromatic carbocycles. The van der Waals surface area contributed by atoms with E-state index in [4.69, 9.17) is 11.6 Å². The predicted molar refractivity (Wildman–Crippen MR) is 137 cm³/mol. The minimum atomic E-state index is -2.03. The molecule has 3 heterocycles. The Kier molecular flexibility index (Phi) is 6.08. The number of nitriles is 1. The summed E-state index contributed by atoms with van der Waals surface area (Å²) in [4.78, 5) is 7.64. The number of aromatic nitrogens is 5. The number of benzene rings is 1. The smallest absolute Gasteiger partial charge is 0.221 e. The monoisotopic (exact) mass is 523 g/mol. The van der Waals surface area contributed by atoms with Crippen molar-refractivity contribution in [2.24, 2.45) is 5.41 Å². The number of hydrogen-bond donors (Lipinski definition) is 2. The second-order valence-electron chi connectivity index (χ2n) is 10.2. The van der Waals surface area contributed by atoms with Crippen molar-refractivity contribution in [2.75, 3.05) is 17.2 Å². The Morgan fingerprint density at radius 2 is 2.08 bits per heavy atom. The molecule has 2 N–H and O–H groups in total. The summed E-state index contributed by atoms with van der Waals surface area (Å²) in [5, 5.41) is 25.1. The van der Waals surface area contributed by atoms with Gasteiger partial charge in [0.05, 0.1) is 35.4 Å². The first-order chi connectivity index (χ1) is 18.0. The highest BCUT2D eigenvalue weighted by Gasteiger charge is 2.28. The van der Waals surface area contributed by atoms with E-state index in [1.165, 1.54) is 6.20 Å². The molecule has 5 rings (SSSR count). The number of nitrogens with one attached hydrogen (secondary N) is 2. The molecule has 37 heavy (non-hydrogen) atoms. The normalized spacial score (nSPS) is 15.6. The van der Waals surface area contributed by atoms with Gasteiger partial charge in [-0.15, -0.1) is 5.10 Å². The Balaban J connectivity index is 1.64. The first-order valence-electron chi connectivity index (χ1n) is 12.3. The molecule has 0 bridgehead atoms. The van der Waals surface area contributed by atoms with Gasteiger partial charge in [-0.25, -0.2) is 4.68 Å². The Bertz CT molecular complexity index is 1570. The van der Waals surface area contributed by atoms with Crippen LogP contribution < -0.4 is 10.6 Å². The second kappa shape index (κ2) is 9.56. The first kappa shape index (κ1) is 23.6. The Hall–Kier alpha value is -3.84. The molecule has 190 valence electrons. The van der Waals surface area contributed by atoms with Crippen molar-refractivity contribution in [3.8, 4) is 6.07 Å². The van der Waals surface area contributed by atoms with Crippen LogP contribution in [-0.2, 0) is 0 Å². The summed E-state index contributed by atoms with van der Waals surface area (Å²) in [5.41, 5.74) is 1.43. The van der Waals surface area contributed by atoms with Crippen molar-refractivity contribution < 1.29 is 10.2 Å². The fraction of sp³-hybridized carbons (Fsp3) is 0.346. The summed E-state index contributed by atoms with van der Waals surface area (Å²) in [7, 11) is 0. The SMILES string of the molecule is [2H]C(Nc1cc(Cl)c2ncc(C#N)c(NCC(C)(C)C)c2c1)(c1cn(C2CC2)nn1)c1ccc(F)nc1F. The molecule has 1 aliphatic carbocycles. The maximum Gasteiger partial charge on any atom is 0.221 e. The van der Waals surface area contributed by atoms with E-state index in [0.717, 1.165) is 25.0 Å². The molecule has 0 saturated heterocycles. The molecule has 0 radical (unpaired) electrons. The summed E-state index contributed by atoms with van der Waals surface area (Å²) in [5.74, 6) is -2.16. The number of rotatable bonds is 7. The zero-order valence-electron chi connectivity index (χ0n) is 21.5. The van der Waals surface area contributed by atoms with Gasteiger partial charge in [-0.3, -0.25) is 4.98 Å². The first-order valence-corrected chi connectivity index (χ1v) is 12.2. The number of pyridine rings is 2. The summed E-state index contributed by atoms with van der Waals surface area (Å²) in [6.45, 7) is 6.74. The minimum Gasteiger partial charge on any atom is -0.383 e. The van der Waals surface area contributed by atoms with Gasteiger partial charge >= 0.3 is 0 Å². The lowest BCUT2D eigenvalue weighted by Gasteiger charge is -2.22. The summed E-state index contributed by atoms with van der Waals surface area (Å²) < 4.78 is 39.6. The summed E-state index contributed by atoms with van der Waals surface area (Å²) in [6.07, 6.45) is 4.91. The van der Waals surface area contributed by atoms with Gasteiger partial charge in [-0.2, -0.15) is 19.0 Å². The van der Waals surface area contributed by atoms with Gasteiger partial charge in [-0.05, 0) is 42.5 Å². The Labute approximate surface area is 219 Å². The van der Waals surface area contributed by atoms with E-state index in [0.29, 0.717) is 34.4 Å². The van der Waals surface area contributed by atoms with Gasteiger partial charge in [0.2, 0.25) is 11.9 Å². The highest BCUT2D eigenvalue weighted by atomic mass is 35.5. The zero-order chi connectivity index (χ0) is 27.2. The molecule has 1 aliphatic rings. The molecule has 4 aromatic rings. The molecular weight excluding hydrogens is 498 g/mol. The minimum absolute atomic E-state index is 0.0845. The average molecular weight is 524 g/mol. The van der Waals surface area contributed by atoms with Gasteiger partial charge in [-0.1, -0.05) is 37.6 Å². The van der Waals surface area contributed by atoms with E-state index < -0.39 is 17.9 Å². The third-order valence-corrected chi connectivity index (χ3v) is 6.17. The van der Waals surface area contributed by atoms with Gasteiger partial charge in [0, 0.05) is 29.4 Å². The molecule has 0 aliphatic heterocycles. The van der Waals surface area contributed by atoms with Crippen LogP contribution in [0.1, 0.15) is 63.9 Å². The number of anilines is 2. The van der Waals surface area contributed by atoms with Crippen LogP contribution in [0, 0.1) is 28.6 Å². The highest BCUT2D eigenvalue weighted by molar-refractivity contribution is 6.35. The molecule has 11 heteroatoms. The van der Waals surface area contributed by atoms with E-state index in [1.807, 2.05) is 0 Å². The number of fused-ring (bicyclic) bond motifs is 1. The van der Waals surface area contributed by atoms with Crippen LogP contribution in [0.5, 0.6) is 0 Å². The lowest BCUT2D eigenvalue weighted by Crippen LogP contribution is -2.20. The predicted octanol–water partition coefficient (Wildman–Crippen LogP) is 6.02. The molecule has 1 atom stereocenters. The second-order valence-corrected chi connectivity index (χ2v) is 10.6. The van der Waals surface area contributed by atoms with Crippen LogP contribution in [0.4, 0.5) is 20.2 Å². The lowest BCUT2D eigenvalue weighted by atomic mass is 9.96. The zero-order valence-corrected chi connectivity index (χ0v) is 21.2. The van der Waals surface area contributed by atoms with Crippen LogP contribution in [0.2, 0.25) is 5.02 Å². The van der Waals surface area contributed by atoms with Gasteiger partial charge < -0.3 is 10.6 Å². The third-order valence-electron chi connectivity index (χ3n) is 5.88. The van der Waals surface area contributed by atoms with E-state index in [-0.39, 0.29) is 27.7 Å². The quantitative estimate of drug-likeness (QED) is 0.285. The number of nitrogens with zero attached hydrogens (tertiary/aromatic N) is 6. The average Bonchev–Trinajstić information content (AvgIpc) is 3.57. The molecule has 3 aromatic heterocycles. The van der Waals surface area contributed by atoms with E-state index in [9.17, 15) is 15.4 Å². The van der Waals surface area contributed by atoms with Crippen molar-refractivity contribution in [1.29, 1.82) is 5.26 Å². The van der Waals surface area contributed by atoms with Gasteiger partial charge in [0.1, 0.15) is 17.8 Å². The molecule has 0 amide bonds. The maximum absolute atomic E-state index is 15.0. The van der Waals surface area contributed by atoms with E-state index in [2.05, 4.69) is 57.8 Å². The Morgan fingerprint density at radius 1 is 1.30 bits per heavy atom. The number of halogens is 3. The van der Waals surface area contributed by atoms with Crippen molar-refractivity contribution in [1.82, 2.24) is 25.0 Å². The van der Waals surface area contributed by atoms with Crippen LogP contribution in [0.25, 0.3) is 10.9 Å². The highest BCUT2D eigenvalue weighted by Crippen LogP contribution is 2.37. The van der Waals surface area contributed by atoms with E-state index in [1.54, 1.807) is 23.0 Å². The van der Waals surface area contributed by atoms with Crippen LogP contribution in [0.3, 0.4) is 0 Å².